The van der Waals surface area contributed by atoms with Crippen LogP contribution in [-0.2, 0) is 9.84 Å². The van der Waals surface area contributed by atoms with Gasteiger partial charge in [0.05, 0.1) is 10.5 Å². The molecular formula is C11H9NO4S. The molecule has 88 valence electrons. The topological polar surface area (TPSA) is 95.2 Å². The zero-order valence-electron chi connectivity index (χ0n) is 8.91. The Labute approximate surface area is 98.5 Å². The number of benzene rings is 1. The molecule has 0 spiro atoms. The molecule has 0 radical (unpaired) electrons. The van der Waals surface area contributed by atoms with E-state index in [1.165, 1.54) is 31.2 Å². The summed E-state index contributed by atoms with van der Waals surface area (Å²) in [6, 6.07) is 6.45. The van der Waals surface area contributed by atoms with E-state index in [4.69, 9.17) is 10.4 Å². The monoisotopic (exact) mass is 251 g/mol. The number of carbonyl (C=O) groups is 1. The van der Waals surface area contributed by atoms with E-state index in [1.807, 2.05) is 0 Å². The van der Waals surface area contributed by atoms with Gasteiger partial charge in [-0.15, -0.1) is 0 Å². The molecule has 0 aliphatic rings. The number of carboxylic acids is 1. The highest BCUT2D eigenvalue weighted by Gasteiger charge is 2.20. The minimum absolute atomic E-state index is 0.139. The molecule has 0 bridgehead atoms. The average Bonchev–Trinajstić information content (AvgIpc) is 2.30. The molecule has 0 saturated carbocycles. The van der Waals surface area contributed by atoms with E-state index >= 15 is 0 Å². The molecule has 1 rings (SSSR count). The molecule has 6 heteroatoms. The van der Waals surface area contributed by atoms with Crippen molar-refractivity contribution >= 4 is 15.8 Å². The van der Waals surface area contributed by atoms with Gasteiger partial charge in [0.1, 0.15) is 11.0 Å². The Balaban J connectivity index is 3.41. The standard InChI is InChI=1S/C11H9NO4S/c1-2-9(7-12)17(15,16)10-5-3-4-8(6-10)11(13)14/h2-6H,1H3,(H,13,14). The third kappa shape index (κ3) is 2.52. The second-order valence-corrected chi connectivity index (χ2v) is 5.02. The van der Waals surface area contributed by atoms with Crippen LogP contribution in [0.1, 0.15) is 17.3 Å². The van der Waals surface area contributed by atoms with E-state index in [0.717, 1.165) is 6.07 Å². The Morgan fingerprint density at radius 1 is 1.47 bits per heavy atom. The van der Waals surface area contributed by atoms with Crippen LogP contribution in [0.2, 0.25) is 0 Å². The molecule has 0 saturated heterocycles. The van der Waals surface area contributed by atoms with E-state index in [1.54, 1.807) is 6.07 Å². The maximum atomic E-state index is 11.9. The van der Waals surface area contributed by atoms with Gasteiger partial charge in [0, 0.05) is 0 Å². The summed E-state index contributed by atoms with van der Waals surface area (Å²) in [7, 11) is -3.92. The van der Waals surface area contributed by atoms with Crippen molar-refractivity contribution < 1.29 is 18.3 Å². The number of allylic oxidation sites excluding steroid dienone is 2. The van der Waals surface area contributed by atoms with E-state index in [2.05, 4.69) is 0 Å². The molecular weight excluding hydrogens is 242 g/mol. The molecule has 1 N–H and O–H groups in total. The Morgan fingerprint density at radius 2 is 2.12 bits per heavy atom. The first-order chi connectivity index (χ1) is 7.93. The third-order valence-electron chi connectivity index (χ3n) is 2.05. The zero-order valence-corrected chi connectivity index (χ0v) is 9.73. The van der Waals surface area contributed by atoms with Crippen LogP contribution >= 0.6 is 0 Å². The number of hydrogen-bond acceptors (Lipinski definition) is 4. The summed E-state index contributed by atoms with van der Waals surface area (Å²) in [5.74, 6) is -1.22. The Bertz CT molecular complexity index is 623. The van der Waals surface area contributed by atoms with E-state index in [-0.39, 0.29) is 10.5 Å². The second kappa shape index (κ2) is 4.80. The first-order valence-electron chi connectivity index (χ1n) is 4.58. The van der Waals surface area contributed by atoms with Gasteiger partial charge in [-0.1, -0.05) is 12.1 Å². The molecule has 0 atom stereocenters. The molecule has 0 unspecified atom stereocenters. The maximum Gasteiger partial charge on any atom is 0.335 e. The minimum Gasteiger partial charge on any atom is -0.478 e. The summed E-state index contributed by atoms with van der Waals surface area (Å²) in [4.78, 5) is 10.1. The number of hydrogen-bond donors (Lipinski definition) is 1. The van der Waals surface area contributed by atoms with Crippen molar-refractivity contribution in [2.45, 2.75) is 11.8 Å². The van der Waals surface area contributed by atoms with Crippen molar-refractivity contribution in [3.05, 3.63) is 40.8 Å². The van der Waals surface area contributed by atoms with Crippen LogP contribution in [0.15, 0.2) is 40.1 Å². The van der Waals surface area contributed by atoms with Gasteiger partial charge in [-0.2, -0.15) is 5.26 Å². The fourth-order valence-corrected chi connectivity index (χ4v) is 2.43. The number of nitriles is 1. The van der Waals surface area contributed by atoms with Gasteiger partial charge < -0.3 is 5.11 Å². The Kier molecular flexibility index (Phi) is 3.66. The lowest BCUT2D eigenvalue weighted by molar-refractivity contribution is 0.0696. The SMILES string of the molecule is CC=C(C#N)S(=O)(=O)c1cccc(C(=O)O)c1. The minimum atomic E-state index is -3.92. The lowest BCUT2D eigenvalue weighted by Gasteiger charge is -2.03. The number of aromatic carboxylic acids is 1. The van der Waals surface area contributed by atoms with Gasteiger partial charge >= 0.3 is 5.97 Å². The molecule has 0 aromatic heterocycles. The summed E-state index contributed by atoms with van der Waals surface area (Å²) in [5, 5.41) is 17.4. The summed E-state index contributed by atoms with van der Waals surface area (Å²) in [6.07, 6.45) is 1.17. The number of sulfone groups is 1. The largest absolute Gasteiger partial charge is 0.478 e. The fourth-order valence-electron chi connectivity index (χ4n) is 1.20. The smallest absolute Gasteiger partial charge is 0.335 e. The van der Waals surface area contributed by atoms with Crippen LogP contribution < -0.4 is 0 Å². The van der Waals surface area contributed by atoms with Gasteiger partial charge in [-0.05, 0) is 25.1 Å². The van der Waals surface area contributed by atoms with Gasteiger partial charge in [0.25, 0.3) is 0 Å². The van der Waals surface area contributed by atoms with Crippen molar-refractivity contribution in [3.63, 3.8) is 0 Å². The number of carboxylic acid groups (broad SMARTS) is 1. The van der Waals surface area contributed by atoms with Crippen LogP contribution in [0, 0.1) is 11.3 Å². The van der Waals surface area contributed by atoms with E-state index < -0.39 is 20.7 Å². The van der Waals surface area contributed by atoms with Gasteiger partial charge in [-0.3, -0.25) is 0 Å². The summed E-state index contributed by atoms with van der Waals surface area (Å²) in [5.41, 5.74) is -0.139. The fraction of sp³-hybridized carbons (Fsp3) is 0.0909. The van der Waals surface area contributed by atoms with Crippen LogP contribution in [0.4, 0.5) is 0 Å². The van der Waals surface area contributed by atoms with Gasteiger partial charge in [0.2, 0.25) is 9.84 Å². The quantitative estimate of drug-likeness (QED) is 0.823. The van der Waals surface area contributed by atoms with E-state index in [9.17, 15) is 13.2 Å². The van der Waals surface area contributed by atoms with Crippen molar-refractivity contribution in [2.75, 3.05) is 0 Å². The first kappa shape index (κ1) is 12.9. The highest BCUT2D eigenvalue weighted by Crippen LogP contribution is 2.19. The molecule has 17 heavy (non-hydrogen) atoms. The van der Waals surface area contributed by atoms with Crippen LogP contribution in [0.3, 0.4) is 0 Å². The van der Waals surface area contributed by atoms with Gasteiger partial charge in [-0.25, -0.2) is 13.2 Å². The Morgan fingerprint density at radius 3 is 2.59 bits per heavy atom. The second-order valence-electron chi connectivity index (χ2n) is 3.10. The summed E-state index contributed by atoms with van der Waals surface area (Å²) >= 11 is 0. The van der Waals surface area contributed by atoms with Crippen LogP contribution in [-0.4, -0.2) is 19.5 Å². The molecule has 0 aliphatic heterocycles. The highest BCUT2D eigenvalue weighted by molar-refractivity contribution is 7.95. The average molecular weight is 251 g/mol. The predicted molar refractivity (Wildman–Crippen MR) is 60.0 cm³/mol. The summed E-state index contributed by atoms with van der Waals surface area (Å²) in [6.45, 7) is 1.43. The molecule has 0 amide bonds. The van der Waals surface area contributed by atoms with Crippen molar-refractivity contribution in [2.24, 2.45) is 0 Å². The maximum absolute atomic E-state index is 11.9. The number of rotatable bonds is 3. The molecule has 1 aromatic carbocycles. The number of nitrogens with zero attached hydrogens (tertiary/aromatic N) is 1. The molecule has 0 aliphatic carbocycles. The third-order valence-corrected chi connectivity index (χ3v) is 3.83. The first-order valence-corrected chi connectivity index (χ1v) is 6.06. The van der Waals surface area contributed by atoms with E-state index in [0.29, 0.717) is 0 Å². The van der Waals surface area contributed by atoms with Crippen molar-refractivity contribution in [1.29, 1.82) is 5.26 Å². The summed E-state index contributed by atoms with van der Waals surface area (Å²) < 4.78 is 23.8. The van der Waals surface area contributed by atoms with Crippen molar-refractivity contribution in [3.8, 4) is 6.07 Å². The zero-order chi connectivity index (χ0) is 13.1. The van der Waals surface area contributed by atoms with Gasteiger partial charge in [0.15, 0.2) is 0 Å². The molecule has 1 aromatic rings. The Hall–Kier alpha value is -2.13. The van der Waals surface area contributed by atoms with Crippen LogP contribution in [0.25, 0.3) is 0 Å². The molecule has 0 heterocycles. The van der Waals surface area contributed by atoms with Crippen molar-refractivity contribution in [1.82, 2.24) is 0 Å². The highest BCUT2D eigenvalue weighted by atomic mass is 32.2. The normalized spacial score (nSPS) is 11.9. The predicted octanol–water partition coefficient (Wildman–Crippen LogP) is 1.59. The lowest BCUT2D eigenvalue weighted by atomic mass is 10.2. The lowest BCUT2D eigenvalue weighted by Crippen LogP contribution is -2.05. The molecule has 0 fully saturated rings. The van der Waals surface area contributed by atoms with Crippen LogP contribution in [0.5, 0.6) is 0 Å². The molecule has 5 nitrogen and oxygen atoms in total.